The lowest BCUT2D eigenvalue weighted by Gasteiger charge is -2.32. The molecule has 3 fully saturated rings. The fourth-order valence-corrected chi connectivity index (χ4v) is 8.58. The first kappa shape index (κ1) is 37.2. The average molecular weight is 746 g/mol. The van der Waals surface area contributed by atoms with Crippen molar-refractivity contribution in [3.63, 3.8) is 0 Å². The number of hydrogen-bond acceptors (Lipinski definition) is 10. The Bertz CT molecular complexity index is 1830. The Morgan fingerprint density at radius 3 is 2.44 bits per heavy atom. The van der Waals surface area contributed by atoms with Crippen molar-refractivity contribution >= 4 is 45.7 Å². The number of halogens is 1. The van der Waals surface area contributed by atoms with Crippen molar-refractivity contribution in [3.8, 4) is 0 Å². The molecule has 6 rings (SSSR count). The van der Waals surface area contributed by atoms with Crippen LogP contribution in [0, 0.1) is 17.7 Å². The normalized spacial score (nSPS) is 27.1. The molecule has 3 aliphatic carbocycles. The van der Waals surface area contributed by atoms with Gasteiger partial charge in [-0.1, -0.05) is 31.6 Å². The topological polar surface area (TPSA) is 198 Å². The highest BCUT2D eigenvalue weighted by atomic mass is 32.2. The summed E-state index contributed by atoms with van der Waals surface area (Å²) in [6, 6.07) is 1.71. The van der Waals surface area contributed by atoms with Crippen LogP contribution in [0.25, 0.3) is 0 Å². The summed E-state index contributed by atoms with van der Waals surface area (Å²) in [6.07, 6.45) is 1.40. The number of ketones is 1. The number of carbonyl (C=O) groups is 6. The number of nitrogens with one attached hydrogen (secondary N) is 3. The molecule has 1 aromatic rings. The van der Waals surface area contributed by atoms with Gasteiger partial charge in [0.25, 0.3) is 5.91 Å². The van der Waals surface area contributed by atoms with Crippen molar-refractivity contribution < 1.29 is 51.0 Å². The van der Waals surface area contributed by atoms with E-state index >= 15 is 0 Å². The van der Waals surface area contributed by atoms with E-state index in [2.05, 4.69) is 15.4 Å². The molecule has 1 saturated heterocycles. The number of amides is 5. The van der Waals surface area contributed by atoms with E-state index in [-0.39, 0.29) is 44.8 Å². The highest BCUT2D eigenvalue weighted by Crippen LogP contribution is 2.47. The molecular formula is C35H44FN5O10S. The molecule has 2 aliphatic heterocycles. The molecule has 3 N–H and O–H groups in total. The second-order valence-electron chi connectivity index (χ2n) is 15.2. The summed E-state index contributed by atoms with van der Waals surface area (Å²) in [6.45, 7) is 6.41. The summed E-state index contributed by atoms with van der Waals surface area (Å²) in [5.41, 5.74) is -1.52. The highest BCUT2D eigenvalue weighted by molar-refractivity contribution is 7.91. The van der Waals surface area contributed by atoms with E-state index < -0.39 is 92.0 Å². The van der Waals surface area contributed by atoms with Gasteiger partial charge in [0, 0.05) is 18.5 Å². The number of alkyl carbamates (subject to hydrolysis) is 1. The van der Waals surface area contributed by atoms with Crippen molar-refractivity contribution in [3.05, 3.63) is 47.3 Å². The third-order valence-electron chi connectivity index (χ3n) is 10.2. The number of nitrogens with zero attached hydrogens (tertiary/aromatic N) is 2. The lowest BCUT2D eigenvalue weighted by Crippen LogP contribution is -2.59. The third kappa shape index (κ3) is 7.64. The van der Waals surface area contributed by atoms with Crippen LogP contribution in [0.2, 0.25) is 0 Å². The van der Waals surface area contributed by atoms with Crippen LogP contribution in [-0.4, -0.2) is 95.0 Å². The van der Waals surface area contributed by atoms with Gasteiger partial charge in [0.1, 0.15) is 35.1 Å². The number of benzene rings is 1. The molecule has 0 spiro atoms. The van der Waals surface area contributed by atoms with Crippen LogP contribution in [0.5, 0.6) is 0 Å². The lowest BCUT2D eigenvalue weighted by molar-refractivity contribution is -0.143. The number of carbonyl (C=O) groups excluding carboxylic acids is 6. The zero-order valence-corrected chi connectivity index (χ0v) is 30.3. The van der Waals surface area contributed by atoms with Crippen molar-refractivity contribution in [1.82, 2.24) is 25.2 Å². The molecule has 2 heterocycles. The summed E-state index contributed by atoms with van der Waals surface area (Å²) in [4.78, 5) is 83.6. The van der Waals surface area contributed by atoms with Gasteiger partial charge in [0.15, 0.2) is 5.78 Å². The van der Waals surface area contributed by atoms with Gasteiger partial charge in [0.2, 0.25) is 21.8 Å². The molecule has 15 nitrogen and oxygen atoms in total. The average Bonchev–Trinajstić information content (AvgIpc) is 3.89. The molecule has 5 amide bonds. The van der Waals surface area contributed by atoms with Crippen LogP contribution in [-0.2, 0) is 51.8 Å². The van der Waals surface area contributed by atoms with E-state index in [0.717, 1.165) is 4.90 Å². The molecule has 0 radical (unpaired) electrons. The van der Waals surface area contributed by atoms with Gasteiger partial charge in [-0.15, -0.1) is 0 Å². The predicted molar refractivity (Wildman–Crippen MR) is 181 cm³/mol. The Labute approximate surface area is 301 Å². The fraction of sp³-hybridized carbons (Fsp3) is 0.600. The molecule has 2 saturated carbocycles. The first-order valence-corrected chi connectivity index (χ1v) is 19.1. The van der Waals surface area contributed by atoms with E-state index in [1.165, 1.54) is 23.1 Å². The predicted octanol–water partition coefficient (Wildman–Crippen LogP) is 2.18. The largest absolute Gasteiger partial charge is 0.444 e. The molecule has 17 heteroatoms. The molecule has 2 unspecified atom stereocenters. The maximum absolute atomic E-state index is 14.4. The second-order valence-corrected chi connectivity index (χ2v) is 17.2. The quantitative estimate of drug-likeness (QED) is 0.319. The molecule has 0 bridgehead atoms. The van der Waals surface area contributed by atoms with Crippen molar-refractivity contribution in [1.29, 1.82) is 0 Å². The SMILES string of the molecule is CCC1CC1(NC(=O)[C@@H]1C[C@@H](OC(=O)N2Cc3cccc(F)c3C2)CN1C(=O)[C@@H](NC(=O)OC(C)(C)C)[C@@H]1CC=CC1=O)C(=O)NS(=O)(=O)C1CC1. The minimum atomic E-state index is -3.93. The standard InChI is InChI=1S/C35H44FN5O10S/c1-5-20-15-35(20,31(45)39-52(48,49)22-12-13-22)38-29(43)26-14-21(50-33(47)40-16-19-8-6-10-25(36)24(19)18-40)17-41(26)30(44)28(23-9-7-11-27(23)42)37-32(46)51-34(2,3)4/h6-8,10-11,20-23,26,28H,5,9,12-18H2,1-4H3,(H,37,46)(H,38,43)(H,39,45)/t20?,21-,23-,26+,28+,35?/m1/s1. The fourth-order valence-electron chi connectivity index (χ4n) is 7.22. The maximum Gasteiger partial charge on any atom is 0.410 e. The first-order chi connectivity index (χ1) is 24.4. The van der Waals surface area contributed by atoms with E-state index in [9.17, 15) is 41.6 Å². The molecule has 0 aromatic heterocycles. The van der Waals surface area contributed by atoms with E-state index in [1.54, 1.807) is 39.8 Å². The summed E-state index contributed by atoms with van der Waals surface area (Å²) in [7, 11) is -3.93. The lowest BCUT2D eigenvalue weighted by atomic mass is 9.94. The van der Waals surface area contributed by atoms with Gasteiger partial charge in [-0.25, -0.2) is 22.4 Å². The van der Waals surface area contributed by atoms with Crippen LogP contribution in [0.4, 0.5) is 14.0 Å². The van der Waals surface area contributed by atoms with E-state index in [1.807, 2.05) is 0 Å². The van der Waals surface area contributed by atoms with E-state index in [0.29, 0.717) is 30.4 Å². The van der Waals surface area contributed by atoms with Crippen molar-refractivity contribution in [2.45, 2.75) is 114 Å². The zero-order valence-electron chi connectivity index (χ0n) is 29.5. The number of rotatable bonds is 10. The van der Waals surface area contributed by atoms with Gasteiger partial charge in [0.05, 0.1) is 24.3 Å². The molecular weight excluding hydrogens is 701 g/mol. The third-order valence-corrected chi connectivity index (χ3v) is 12.0. The Hall–Kier alpha value is -4.54. The van der Waals surface area contributed by atoms with Crippen LogP contribution in [0.1, 0.15) is 77.3 Å². The minimum Gasteiger partial charge on any atom is -0.444 e. The van der Waals surface area contributed by atoms with Gasteiger partial charge < -0.3 is 25.0 Å². The number of hydrogen-bond donors (Lipinski definition) is 3. The van der Waals surface area contributed by atoms with Crippen LogP contribution in [0.15, 0.2) is 30.4 Å². The van der Waals surface area contributed by atoms with Crippen molar-refractivity contribution in [2.75, 3.05) is 6.54 Å². The maximum atomic E-state index is 14.4. The summed E-state index contributed by atoms with van der Waals surface area (Å²) in [5, 5.41) is 4.55. The summed E-state index contributed by atoms with van der Waals surface area (Å²) >= 11 is 0. The number of allylic oxidation sites excluding steroid dienone is 2. The van der Waals surface area contributed by atoms with Gasteiger partial charge >= 0.3 is 12.2 Å². The van der Waals surface area contributed by atoms with Crippen LogP contribution >= 0.6 is 0 Å². The zero-order chi connectivity index (χ0) is 37.7. The Morgan fingerprint density at radius 2 is 1.85 bits per heavy atom. The summed E-state index contributed by atoms with van der Waals surface area (Å²) in [5.74, 6) is -4.77. The van der Waals surface area contributed by atoms with Crippen LogP contribution in [0.3, 0.4) is 0 Å². The number of likely N-dealkylation sites (tertiary alicyclic amines) is 1. The molecule has 5 aliphatic rings. The molecule has 6 atom stereocenters. The van der Waals surface area contributed by atoms with Crippen molar-refractivity contribution in [2.24, 2.45) is 11.8 Å². The number of fused-ring (bicyclic) bond motifs is 1. The monoisotopic (exact) mass is 745 g/mol. The number of ether oxygens (including phenoxy) is 2. The Balaban J connectivity index is 1.25. The molecule has 282 valence electrons. The molecule has 1 aromatic carbocycles. The first-order valence-electron chi connectivity index (χ1n) is 17.5. The Morgan fingerprint density at radius 1 is 1.12 bits per heavy atom. The van der Waals surface area contributed by atoms with Gasteiger partial charge in [-0.2, -0.15) is 0 Å². The minimum absolute atomic E-state index is 0.0431. The highest BCUT2D eigenvalue weighted by Gasteiger charge is 2.62. The van der Waals surface area contributed by atoms with E-state index in [4.69, 9.17) is 9.47 Å². The summed E-state index contributed by atoms with van der Waals surface area (Å²) < 4.78 is 53.0. The second kappa shape index (κ2) is 13.8. The van der Waals surface area contributed by atoms with Gasteiger partial charge in [-0.3, -0.25) is 28.8 Å². The van der Waals surface area contributed by atoms with Gasteiger partial charge in [-0.05, 0) is 70.1 Å². The molecule has 52 heavy (non-hydrogen) atoms. The smallest absolute Gasteiger partial charge is 0.410 e. The van der Waals surface area contributed by atoms with Crippen LogP contribution < -0.4 is 15.4 Å². The Kier molecular flexibility index (Phi) is 9.87. The number of sulfonamides is 1.